The molecule has 78 valence electrons. The molecule has 2 nitrogen and oxygen atoms in total. The van der Waals surface area contributed by atoms with Crippen molar-refractivity contribution in [2.75, 3.05) is 0 Å². The van der Waals surface area contributed by atoms with Crippen molar-refractivity contribution in [1.29, 1.82) is 0 Å². The first-order valence-corrected chi connectivity index (χ1v) is 5.00. The normalized spacial score (nSPS) is 11.0. The zero-order valence-electron chi connectivity index (χ0n) is 9.01. The lowest BCUT2D eigenvalue weighted by Crippen LogP contribution is -2.14. The molecule has 0 saturated heterocycles. The van der Waals surface area contributed by atoms with Crippen LogP contribution in [0.5, 0.6) is 0 Å². The molecule has 0 bridgehead atoms. The number of hydrogen-bond donors (Lipinski definition) is 0. The van der Waals surface area contributed by atoms with E-state index in [1.165, 1.54) is 0 Å². The van der Waals surface area contributed by atoms with Crippen molar-refractivity contribution in [1.82, 2.24) is 0 Å². The Balaban J connectivity index is 3.82. The third-order valence-corrected chi connectivity index (χ3v) is 1.84. The molecule has 0 N–H and O–H groups in total. The molecule has 0 rings (SSSR count). The molecule has 2 heteroatoms. The van der Waals surface area contributed by atoms with E-state index in [0.717, 1.165) is 25.7 Å². The van der Waals surface area contributed by atoms with Crippen LogP contribution in [0, 0.1) is 11.8 Å². The second-order valence-electron chi connectivity index (χ2n) is 3.05. The fourth-order valence-corrected chi connectivity index (χ4v) is 1.09. The Kier molecular flexibility index (Phi) is 7.64. The number of unbranched alkanes of at least 4 members (excludes halogenated alkanes) is 2. The highest BCUT2D eigenvalue weighted by Gasteiger charge is 2.07. The standard InChI is InChI=1S/C12H18O2/c1-4-7-8-10-11(6-3)14-12(13)9-5-2/h6,11H,3-4,7-8,10H2,1-2H3. The molecule has 0 aromatic rings. The van der Waals surface area contributed by atoms with Gasteiger partial charge in [-0.05, 0) is 19.8 Å². The van der Waals surface area contributed by atoms with E-state index >= 15 is 0 Å². The molecule has 0 aromatic heterocycles. The van der Waals surface area contributed by atoms with Crippen molar-refractivity contribution in [3.8, 4) is 11.8 Å². The summed E-state index contributed by atoms with van der Waals surface area (Å²) in [7, 11) is 0. The van der Waals surface area contributed by atoms with Crippen LogP contribution in [0.2, 0.25) is 0 Å². The average molecular weight is 194 g/mol. The maximum atomic E-state index is 11.0. The number of carbonyl (C=O) groups excluding carboxylic acids is 1. The Morgan fingerprint density at radius 1 is 1.57 bits per heavy atom. The Hall–Kier alpha value is -1.23. The molecule has 0 radical (unpaired) electrons. The predicted octanol–water partition coefficient (Wildman–Crippen LogP) is 2.69. The highest BCUT2D eigenvalue weighted by Crippen LogP contribution is 2.07. The van der Waals surface area contributed by atoms with Gasteiger partial charge < -0.3 is 4.74 Å². The summed E-state index contributed by atoms with van der Waals surface area (Å²) in [6.07, 6.45) is 5.68. The number of rotatable bonds is 6. The van der Waals surface area contributed by atoms with Crippen molar-refractivity contribution in [3.63, 3.8) is 0 Å². The van der Waals surface area contributed by atoms with E-state index in [-0.39, 0.29) is 6.10 Å². The monoisotopic (exact) mass is 194 g/mol. The lowest BCUT2D eigenvalue weighted by molar-refractivity contribution is -0.140. The lowest BCUT2D eigenvalue weighted by Gasteiger charge is -2.11. The van der Waals surface area contributed by atoms with Crippen molar-refractivity contribution in [3.05, 3.63) is 12.7 Å². The maximum absolute atomic E-state index is 11.0. The first-order chi connectivity index (χ1) is 6.74. The van der Waals surface area contributed by atoms with E-state index in [0.29, 0.717) is 0 Å². The van der Waals surface area contributed by atoms with Crippen LogP contribution in [0.4, 0.5) is 0 Å². The first-order valence-electron chi connectivity index (χ1n) is 5.00. The Morgan fingerprint density at radius 3 is 2.79 bits per heavy atom. The molecule has 0 aliphatic rings. The number of ether oxygens (including phenoxy) is 1. The van der Waals surface area contributed by atoms with Gasteiger partial charge in [0.05, 0.1) is 0 Å². The van der Waals surface area contributed by atoms with Gasteiger partial charge in [-0.1, -0.05) is 38.3 Å². The molecular weight excluding hydrogens is 176 g/mol. The summed E-state index contributed by atoms with van der Waals surface area (Å²) in [6.45, 7) is 7.38. The van der Waals surface area contributed by atoms with Crippen molar-refractivity contribution < 1.29 is 9.53 Å². The summed E-state index contributed by atoms with van der Waals surface area (Å²) in [4.78, 5) is 11.0. The van der Waals surface area contributed by atoms with Crippen LogP contribution >= 0.6 is 0 Å². The molecule has 0 aliphatic heterocycles. The van der Waals surface area contributed by atoms with Crippen LogP contribution in [0.25, 0.3) is 0 Å². The third-order valence-electron chi connectivity index (χ3n) is 1.84. The fourth-order valence-electron chi connectivity index (χ4n) is 1.09. The minimum atomic E-state index is -0.464. The molecular formula is C12H18O2. The molecule has 0 aromatic carbocycles. The summed E-state index contributed by atoms with van der Waals surface area (Å²) in [5.74, 6) is 4.38. The Labute approximate surface area is 86.3 Å². The second-order valence-corrected chi connectivity index (χ2v) is 3.05. The van der Waals surface area contributed by atoms with Crippen LogP contribution < -0.4 is 0 Å². The Morgan fingerprint density at radius 2 is 2.29 bits per heavy atom. The molecule has 0 saturated carbocycles. The van der Waals surface area contributed by atoms with Gasteiger partial charge in [-0.25, -0.2) is 4.79 Å². The van der Waals surface area contributed by atoms with E-state index in [1.54, 1.807) is 13.0 Å². The lowest BCUT2D eigenvalue weighted by atomic mass is 10.1. The van der Waals surface area contributed by atoms with Gasteiger partial charge in [0.1, 0.15) is 6.10 Å². The van der Waals surface area contributed by atoms with E-state index in [9.17, 15) is 4.79 Å². The molecule has 1 unspecified atom stereocenters. The minimum Gasteiger partial charge on any atom is -0.449 e. The molecule has 14 heavy (non-hydrogen) atoms. The van der Waals surface area contributed by atoms with Crippen molar-refractivity contribution in [2.45, 2.75) is 45.6 Å². The number of carbonyl (C=O) groups is 1. The van der Waals surface area contributed by atoms with Crippen LogP contribution in [0.3, 0.4) is 0 Å². The van der Waals surface area contributed by atoms with Gasteiger partial charge in [-0.3, -0.25) is 0 Å². The molecule has 0 aliphatic carbocycles. The van der Waals surface area contributed by atoms with Gasteiger partial charge in [-0.15, -0.1) is 0 Å². The van der Waals surface area contributed by atoms with Crippen LogP contribution in [0.15, 0.2) is 12.7 Å². The molecule has 0 fully saturated rings. The number of hydrogen-bond acceptors (Lipinski definition) is 2. The SMILES string of the molecule is C=CC(CCCCC)OC(=O)C#CC. The smallest absolute Gasteiger partial charge is 0.384 e. The van der Waals surface area contributed by atoms with Gasteiger partial charge in [-0.2, -0.15) is 0 Å². The van der Waals surface area contributed by atoms with Crippen LogP contribution in [-0.2, 0) is 9.53 Å². The van der Waals surface area contributed by atoms with Crippen molar-refractivity contribution in [2.24, 2.45) is 0 Å². The largest absolute Gasteiger partial charge is 0.449 e. The van der Waals surface area contributed by atoms with E-state index < -0.39 is 5.97 Å². The topological polar surface area (TPSA) is 26.3 Å². The first kappa shape index (κ1) is 12.8. The molecule has 0 spiro atoms. The van der Waals surface area contributed by atoms with Crippen LogP contribution in [-0.4, -0.2) is 12.1 Å². The molecule has 1 atom stereocenters. The number of esters is 1. The highest BCUT2D eigenvalue weighted by molar-refractivity contribution is 5.88. The third kappa shape index (κ3) is 6.30. The summed E-state index contributed by atoms with van der Waals surface area (Å²) >= 11 is 0. The summed E-state index contributed by atoms with van der Waals surface area (Å²) < 4.78 is 5.06. The fraction of sp³-hybridized carbons (Fsp3) is 0.583. The molecule has 0 amide bonds. The highest BCUT2D eigenvalue weighted by atomic mass is 16.5. The van der Waals surface area contributed by atoms with Gasteiger partial charge >= 0.3 is 5.97 Å². The van der Waals surface area contributed by atoms with Gasteiger partial charge in [0.15, 0.2) is 0 Å². The van der Waals surface area contributed by atoms with Gasteiger partial charge in [0.25, 0.3) is 0 Å². The van der Waals surface area contributed by atoms with Gasteiger partial charge in [0.2, 0.25) is 0 Å². The zero-order valence-corrected chi connectivity index (χ0v) is 9.01. The molecule has 0 heterocycles. The summed E-state index contributed by atoms with van der Waals surface area (Å²) in [5, 5.41) is 0. The summed E-state index contributed by atoms with van der Waals surface area (Å²) in [6, 6.07) is 0. The second kappa shape index (κ2) is 8.37. The maximum Gasteiger partial charge on any atom is 0.384 e. The zero-order chi connectivity index (χ0) is 10.8. The van der Waals surface area contributed by atoms with E-state index in [1.807, 2.05) is 0 Å². The van der Waals surface area contributed by atoms with Crippen molar-refractivity contribution >= 4 is 5.97 Å². The van der Waals surface area contributed by atoms with Gasteiger partial charge in [0, 0.05) is 5.92 Å². The quantitative estimate of drug-likeness (QED) is 0.214. The average Bonchev–Trinajstić information content (AvgIpc) is 2.17. The minimum absolute atomic E-state index is 0.185. The van der Waals surface area contributed by atoms with E-state index in [2.05, 4.69) is 25.3 Å². The summed E-state index contributed by atoms with van der Waals surface area (Å²) in [5.41, 5.74) is 0. The Bertz CT molecular complexity index is 232. The predicted molar refractivity (Wildman–Crippen MR) is 57.7 cm³/mol. The van der Waals surface area contributed by atoms with Crippen LogP contribution in [0.1, 0.15) is 39.5 Å². The van der Waals surface area contributed by atoms with E-state index in [4.69, 9.17) is 4.74 Å².